The van der Waals surface area contributed by atoms with Gasteiger partial charge >= 0.3 is 5.97 Å². The van der Waals surface area contributed by atoms with Crippen molar-refractivity contribution in [1.29, 1.82) is 0 Å². The molecule has 0 unspecified atom stereocenters. The van der Waals surface area contributed by atoms with Crippen molar-refractivity contribution in [3.63, 3.8) is 0 Å². The number of carboxylic acids is 1. The van der Waals surface area contributed by atoms with Crippen LogP contribution in [0.4, 0.5) is 0 Å². The van der Waals surface area contributed by atoms with Gasteiger partial charge in [-0.05, 0) is 19.4 Å². The lowest BCUT2D eigenvalue weighted by Crippen LogP contribution is -2.54. The van der Waals surface area contributed by atoms with E-state index in [-0.39, 0.29) is 30.0 Å². The molecule has 134 valence electrons. The summed E-state index contributed by atoms with van der Waals surface area (Å²) in [5, 5.41) is 16.4. The smallest absolute Gasteiger partial charge is 0.317 e. The van der Waals surface area contributed by atoms with Gasteiger partial charge in [0.2, 0.25) is 0 Å². The monoisotopic (exact) mass is 336 g/mol. The number of nitrogens with one attached hydrogen (secondary N) is 1. The molecule has 2 rings (SSSR count). The van der Waals surface area contributed by atoms with Gasteiger partial charge in [0.05, 0.1) is 17.8 Å². The Morgan fingerprint density at radius 1 is 1.42 bits per heavy atom. The van der Waals surface area contributed by atoms with E-state index >= 15 is 0 Å². The average molecular weight is 336 g/mol. The van der Waals surface area contributed by atoms with E-state index in [9.17, 15) is 9.59 Å². The van der Waals surface area contributed by atoms with Crippen LogP contribution in [0.1, 0.15) is 56.6 Å². The summed E-state index contributed by atoms with van der Waals surface area (Å²) in [4.78, 5) is 25.4. The fourth-order valence-corrected chi connectivity index (χ4v) is 3.15. The fraction of sp³-hybridized carbons (Fsp3) is 0.706. The Morgan fingerprint density at radius 3 is 2.54 bits per heavy atom. The summed E-state index contributed by atoms with van der Waals surface area (Å²) in [5.74, 6) is -0.910. The number of amides is 1. The molecule has 7 heteroatoms. The van der Waals surface area contributed by atoms with Crippen LogP contribution >= 0.6 is 0 Å². The molecular weight excluding hydrogens is 308 g/mol. The van der Waals surface area contributed by atoms with Crippen molar-refractivity contribution in [2.24, 2.45) is 7.05 Å². The lowest BCUT2D eigenvalue weighted by Gasteiger charge is -2.42. The van der Waals surface area contributed by atoms with E-state index in [1.165, 1.54) is 0 Å². The molecule has 1 amide bonds. The van der Waals surface area contributed by atoms with E-state index in [4.69, 9.17) is 5.11 Å². The van der Waals surface area contributed by atoms with E-state index in [1.807, 2.05) is 39.6 Å². The molecule has 1 aliphatic carbocycles. The summed E-state index contributed by atoms with van der Waals surface area (Å²) in [6.45, 7) is 8.83. The van der Waals surface area contributed by atoms with Crippen LogP contribution in [0.15, 0.2) is 6.20 Å². The van der Waals surface area contributed by atoms with Crippen LogP contribution < -0.4 is 5.32 Å². The number of carbonyl (C=O) groups is 2. The second-order valence-corrected chi connectivity index (χ2v) is 7.57. The molecule has 0 spiro atoms. The highest BCUT2D eigenvalue weighted by Crippen LogP contribution is 2.28. The summed E-state index contributed by atoms with van der Waals surface area (Å²) < 4.78 is 1.67. The molecule has 1 aromatic heterocycles. The number of carboxylic acid groups (broad SMARTS) is 1. The van der Waals surface area contributed by atoms with Gasteiger partial charge in [0.15, 0.2) is 0 Å². The second-order valence-electron chi connectivity index (χ2n) is 7.57. The van der Waals surface area contributed by atoms with Crippen molar-refractivity contribution in [2.45, 2.75) is 58.0 Å². The predicted molar refractivity (Wildman–Crippen MR) is 91.1 cm³/mol. The van der Waals surface area contributed by atoms with Crippen molar-refractivity contribution in [3.05, 3.63) is 17.5 Å². The zero-order chi connectivity index (χ0) is 18.1. The zero-order valence-electron chi connectivity index (χ0n) is 15.2. The SMILES string of the molecule is CCN(CC(=O)O)C1CC(NC(=O)c2cn(C)nc2C(C)(C)C)C1. The van der Waals surface area contributed by atoms with Crippen molar-refractivity contribution in [3.8, 4) is 0 Å². The molecule has 1 saturated carbocycles. The quantitative estimate of drug-likeness (QED) is 0.819. The first-order chi connectivity index (χ1) is 11.1. The number of rotatable bonds is 6. The molecule has 1 fully saturated rings. The Labute approximate surface area is 143 Å². The maximum atomic E-state index is 12.6. The number of aryl methyl sites for hydroxylation is 1. The Morgan fingerprint density at radius 2 is 2.04 bits per heavy atom. The Balaban J connectivity index is 1.95. The second kappa shape index (κ2) is 6.93. The topological polar surface area (TPSA) is 87.5 Å². The number of nitrogens with zero attached hydrogens (tertiary/aromatic N) is 3. The van der Waals surface area contributed by atoms with Gasteiger partial charge in [0.1, 0.15) is 0 Å². The first kappa shape index (κ1) is 18.4. The van der Waals surface area contributed by atoms with E-state index in [0.717, 1.165) is 18.5 Å². The fourth-order valence-electron chi connectivity index (χ4n) is 3.15. The maximum Gasteiger partial charge on any atom is 0.317 e. The van der Waals surface area contributed by atoms with Gasteiger partial charge in [0, 0.05) is 30.7 Å². The lowest BCUT2D eigenvalue weighted by molar-refractivity contribution is -0.139. The summed E-state index contributed by atoms with van der Waals surface area (Å²) >= 11 is 0. The molecule has 0 aliphatic heterocycles. The van der Waals surface area contributed by atoms with Gasteiger partial charge in [0.25, 0.3) is 5.91 Å². The first-order valence-electron chi connectivity index (χ1n) is 8.42. The third kappa shape index (κ3) is 4.14. The van der Waals surface area contributed by atoms with E-state index in [2.05, 4.69) is 10.4 Å². The van der Waals surface area contributed by atoms with Crippen molar-refractivity contribution < 1.29 is 14.7 Å². The van der Waals surface area contributed by atoms with Gasteiger partial charge in [-0.3, -0.25) is 19.2 Å². The minimum absolute atomic E-state index is 0.0542. The summed E-state index contributed by atoms with van der Waals surface area (Å²) in [5.41, 5.74) is 1.21. The molecule has 2 N–H and O–H groups in total. The van der Waals surface area contributed by atoms with E-state index in [1.54, 1.807) is 10.9 Å². The molecule has 1 heterocycles. The third-order valence-electron chi connectivity index (χ3n) is 4.49. The van der Waals surface area contributed by atoms with E-state index in [0.29, 0.717) is 12.1 Å². The van der Waals surface area contributed by atoms with E-state index < -0.39 is 5.97 Å². The number of aliphatic carboxylic acids is 1. The molecule has 0 aromatic carbocycles. The highest BCUT2D eigenvalue weighted by Gasteiger charge is 2.36. The van der Waals surface area contributed by atoms with Crippen LogP contribution in [0, 0.1) is 0 Å². The third-order valence-corrected chi connectivity index (χ3v) is 4.49. The predicted octanol–water partition coefficient (Wildman–Crippen LogP) is 1.38. The number of hydrogen-bond donors (Lipinski definition) is 2. The van der Waals surface area contributed by atoms with Crippen LogP contribution in [0.25, 0.3) is 0 Å². The molecule has 24 heavy (non-hydrogen) atoms. The van der Waals surface area contributed by atoms with Crippen molar-refractivity contribution >= 4 is 11.9 Å². The number of hydrogen-bond acceptors (Lipinski definition) is 4. The molecule has 0 bridgehead atoms. The summed E-state index contributed by atoms with van der Waals surface area (Å²) in [6.07, 6.45) is 3.34. The van der Waals surface area contributed by atoms with Crippen LogP contribution in [0.3, 0.4) is 0 Å². The van der Waals surface area contributed by atoms with Crippen LogP contribution in [0.5, 0.6) is 0 Å². The molecule has 0 saturated heterocycles. The molecule has 1 aromatic rings. The molecule has 0 radical (unpaired) electrons. The van der Waals surface area contributed by atoms with Gasteiger partial charge in [-0.25, -0.2) is 0 Å². The Bertz CT molecular complexity index is 612. The normalized spacial score (nSPS) is 20.8. The lowest BCUT2D eigenvalue weighted by atomic mass is 9.84. The zero-order valence-corrected chi connectivity index (χ0v) is 15.2. The van der Waals surface area contributed by atoms with Gasteiger partial charge in [-0.2, -0.15) is 5.10 Å². The summed E-state index contributed by atoms with van der Waals surface area (Å²) in [7, 11) is 1.82. The number of likely N-dealkylation sites (N-methyl/N-ethyl adjacent to an activating group) is 1. The minimum Gasteiger partial charge on any atom is -0.480 e. The van der Waals surface area contributed by atoms with Crippen molar-refractivity contribution in [1.82, 2.24) is 20.0 Å². The molecule has 0 atom stereocenters. The Hall–Kier alpha value is -1.89. The standard InChI is InChI=1S/C17H28N4O3/c1-6-21(10-14(22)23)12-7-11(8-12)18-16(24)13-9-20(5)19-15(13)17(2,3)4/h9,11-12H,6-8,10H2,1-5H3,(H,18,24)(H,22,23). The number of carbonyl (C=O) groups excluding carboxylic acids is 1. The van der Waals surface area contributed by atoms with Crippen molar-refractivity contribution in [2.75, 3.05) is 13.1 Å². The highest BCUT2D eigenvalue weighted by molar-refractivity contribution is 5.95. The minimum atomic E-state index is -0.811. The Kier molecular flexibility index (Phi) is 5.32. The van der Waals surface area contributed by atoms with Gasteiger partial charge in [-0.15, -0.1) is 0 Å². The van der Waals surface area contributed by atoms with Crippen LogP contribution in [-0.4, -0.2) is 56.8 Å². The molecular formula is C17H28N4O3. The molecule has 1 aliphatic rings. The van der Waals surface area contributed by atoms with Crippen LogP contribution in [0.2, 0.25) is 0 Å². The van der Waals surface area contributed by atoms with Gasteiger partial charge in [-0.1, -0.05) is 27.7 Å². The first-order valence-corrected chi connectivity index (χ1v) is 8.42. The van der Waals surface area contributed by atoms with Crippen LogP contribution in [-0.2, 0) is 17.3 Å². The highest BCUT2D eigenvalue weighted by atomic mass is 16.4. The maximum absolute atomic E-state index is 12.6. The summed E-state index contributed by atoms with van der Waals surface area (Å²) in [6, 6.07) is 0.325. The van der Waals surface area contributed by atoms with Gasteiger partial charge < -0.3 is 10.4 Å². The number of aromatic nitrogens is 2. The average Bonchev–Trinajstić information content (AvgIpc) is 2.82. The molecule has 7 nitrogen and oxygen atoms in total. The largest absolute Gasteiger partial charge is 0.480 e.